The second-order valence-corrected chi connectivity index (χ2v) is 6.31. The van der Waals surface area contributed by atoms with Crippen LogP contribution in [0, 0.1) is 6.92 Å². The third kappa shape index (κ3) is 4.79. The fourth-order valence-corrected chi connectivity index (χ4v) is 3.20. The van der Waals surface area contributed by atoms with Crippen LogP contribution in [0.15, 0.2) is 24.3 Å². The molecule has 5 nitrogen and oxygen atoms in total. The number of aryl methyl sites for hydroxylation is 1. The van der Waals surface area contributed by atoms with Crippen LogP contribution in [0.4, 0.5) is 0 Å². The minimum atomic E-state index is -0.267. The number of nitrogens with one attached hydrogen (secondary N) is 2. The number of carbonyl (C=O) groups excluding carboxylic acids is 2. The summed E-state index contributed by atoms with van der Waals surface area (Å²) in [6.45, 7) is 5.15. The lowest BCUT2D eigenvalue weighted by atomic mass is 10.0. The van der Waals surface area contributed by atoms with Crippen molar-refractivity contribution in [1.82, 2.24) is 15.5 Å². The number of carbonyl (C=O) groups is 2. The first-order valence-electron chi connectivity index (χ1n) is 8.29. The summed E-state index contributed by atoms with van der Waals surface area (Å²) in [5.74, 6) is -0.00125. The molecule has 1 aliphatic heterocycles. The Morgan fingerprint density at radius 1 is 1.30 bits per heavy atom. The van der Waals surface area contributed by atoms with Gasteiger partial charge in [0.15, 0.2) is 0 Å². The molecule has 1 saturated heterocycles. The van der Waals surface area contributed by atoms with Crippen molar-refractivity contribution in [2.45, 2.75) is 45.2 Å². The molecule has 1 aromatic carbocycles. The summed E-state index contributed by atoms with van der Waals surface area (Å²) in [6, 6.07) is 7.99. The Morgan fingerprint density at radius 2 is 2.00 bits per heavy atom. The van der Waals surface area contributed by atoms with Crippen LogP contribution in [0.5, 0.6) is 0 Å². The van der Waals surface area contributed by atoms with Crippen LogP contribution in [-0.4, -0.2) is 42.9 Å². The van der Waals surface area contributed by atoms with Gasteiger partial charge in [-0.1, -0.05) is 29.8 Å². The minimum absolute atomic E-state index is 0.113. The van der Waals surface area contributed by atoms with Crippen LogP contribution in [0.1, 0.15) is 43.4 Å². The van der Waals surface area contributed by atoms with Gasteiger partial charge in [-0.25, -0.2) is 0 Å². The number of benzene rings is 1. The van der Waals surface area contributed by atoms with Crippen LogP contribution in [0.3, 0.4) is 0 Å². The Kier molecular flexibility index (Phi) is 6.16. The van der Waals surface area contributed by atoms with Crippen molar-refractivity contribution in [3.05, 3.63) is 35.4 Å². The molecule has 1 aromatic rings. The quantitative estimate of drug-likeness (QED) is 0.840. The van der Waals surface area contributed by atoms with Gasteiger partial charge >= 0.3 is 0 Å². The van der Waals surface area contributed by atoms with E-state index in [1.165, 1.54) is 6.92 Å². The molecule has 0 bridgehead atoms. The monoisotopic (exact) mass is 317 g/mol. The first kappa shape index (κ1) is 17.5. The van der Waals surface area contributed by atoms with Crippen LogP contribution in [0.25, 0.3) is 0 Å². The highest BCUT2D eigenvalue weighted by Gasteiger charge is 2.30. The lowest BCUT2D eigenvalue weighted by Gasteiger charge is -2.27. The maximum atomic E-state index is 12.7. The summed E-state index contributed by atoms with van der Waals surface area (Å²) < 4.78 is 0. The van der Waals surface area contributed by atoms with Crippen molar-refractivity contribution in [3.8, 4) is 0 Å². The molecule has 1 aliphatic rings. The molecule has 5 heteroatoms. The van der Waals surface area contributed by atoms with Crippen molar-refractivity contribution >= 4 is 11.8 Å². The Balaban J connectivity index is 2.09. The molecule has 0 saturated carbocycles. The van der Waals surface area contributed by atoms with Gasteiger partial charge in [-0.15, -0.1) is 0 Å². The van der Waals surface area contributed by atoms with Crippen LogP contribution >= 0.6 is 0 Å². The molecule has 0 spiro atoms. The van der Waals surface area contributed by atoms with E-state index >= 15 is 0 Å². The molecule has 0 aromatic heterocycles. The highest BCUT2D eigenvalue weighted by molar-refractivity contribution is 5.79. The van der Waals surface area contributed by atoms with Crippen molar-refractivity contribution < 1.29 is 9.59 Å². The molecule has 0 aliphatic carbocycles. The number of amides is 2. The molecule has 0 radical (unpaired) electrons. The van der Waals surface area contributed by atoms with E-state index in [4.69, 9.17) is 0 Å². The molecule has 126 valence electrons. The van der Waals surface area contributed by atoms with Crippen molar-refractivity contribution in [1.29, 1.82) is 0 Å². The average molecular weight is 317 g/mol. The van der Waals surface area contributed by atoms with E-state index in [1.54, 1.807) is 0 Å². The maximum absolute atomic E-state index is 12.7. The minimum Gasteiger partial charge on any atom is -0.349 e. The van der Waals surface area contributed by atoms with E-state index in [0.29, 0.717) is 6.42 Å². The van der Waals surface area contributed by atoms with E-state index in [2.05, 4.69) is 10.6 Å². The highest BCUT2D eigenvalue weighted by Crippen LogP contribution is 2.23. The zero-order valence-corrected chi connectivity index (χ0v) is 14.3. The second kappa shape index (κ2) is 8.11. The smallest absolute Gasteiger partial charge is 0.225 e. The van der Waals surface area contributed by atoms with E-state index in [-0.39, 0.29) is 23.9 Å². The van der Waals surface area contributed by atoms with Gasteiger partial charge in [-0.05, 0) is 32.4 Å². The summed E-state index contributed by atoms with van der Waals surface area (Å²) in [5, 5.41) is 6.07. The van der Waals surface area contributed by atoms with Gasteiger partial charge in [0, 0.05) is 26.1 Å². The van der Waals surface area contributed by atoms with E-state index in [0.717, 1.165) is 37.1 Å². The molecule has 2 N–H and O–H groups in total. The normalized spacial score (nSPS) is 18.7. The number of hydrogen-bond acceptors (Lipinski definition) is 3. The Bertz CT molecular complexity index is 542. The number of likely N-dealkylation sites (tertiary alicyclic amines) is 1. The molecule has 1 fully saturated rings. The van der Waals surface area contributed by atoms with Gasteiger partial charge in [-0.2, -0.15) is 0 Å². The average Bonchev–Trinajstić information content (AvgIpc) is 2.95. The highest BCUT2D eigenvalue weighted by atomic mass is 16.2. The summed E-state index contributed by atoms with van der Waals surface area (Å²) in [4.78, 5) is 26.2. The fourth-order valence-electron chi connectivity index (χ4n) is 3.20. The number of rotatable bonds is 6. The van der Waals surface area contributed by atoms with Crippen LogP contribution in [0.2, 0.25) is 0 Å². The van der Waals surface area contributed by atoms with E-state index < -0.39 is 0 Å². The topological polar surface area (TPSA) is 61.4 Å². The summed E-state index contributed by atoms with van der Waals surface area (Å²) in [5.41, 5.74) is 2.14. The maximum Gasteiger partial charge on any atom is 0.225 e. The molecule has 2 rings (SSSR count). The molecule has 2 atom stereocenters. The second-order valence-electron chi connectivity index (χ2n) is 6.31. The molecule has 2 unspecified atom stereocenters. The molecular weight excluding hydrogens is 290 g/mol. The lowest BCUT2D eigenvalue weighted by Crippen LogP contribution is -2.42. The van der Waals surface area contributed by atoms with Gasteiger partial charge in [0.2, 0.25) is 11.8 Å². The fraction of sp³-hybridized carbons (Fsp3) is 0.556. The molecule has 23 heavy (non-hydrogen) atoms. The lowest BCUT2D eigenvalue weighted by molar-refractivity contribution is -0.132. The summed E-state index contributed by atoms with van der Waals surface area (Å²) in [6.07, 6.45) is 2.40. The Labute approximate surface area is 138 Å². The number of hydrogen-bond donors (Lipinski definition) is 2. The Morgan fingerprint density at radius 3 is 2.61 bits per heavy atom. The first-order chi connectivity index (χ1) is 11.0. The van der Waals surface area contributed by atoms with Crippen LogP contribution < -0.4 is 10.6 Å². The van der Waals surface area contributed by atoms with Crippen molar-refractivity contribution in [2.75, 3.05) is 20.1 Å². The number of nitrogens with zero attached hydrogens (tertiary/aromatic N) is 1. The van der Waals surface area contributed by atoms with Crippen molar-refractivity contribution in [2.24, 2.45) is 0 Å². The van der Waals surface area contributed by atoms with Gasteiger partial charge in [0.25, 0.3) is 0 Å². The van der Waals surface area contributed by atoms with E-state index in [1.807, 2.05) is 43.1 Å². The third-order valence-electron chi connectivity index (χ3n) is 4.37. The van der Waals surface area contributed by atoms with Crippen LogP contribution in [-0.2, 0) is 9.59 Å². The largest absolute Gasteiger partial charge is 0.349 e. The van der Waals surface area contributed by atoms with Gasteiger partial charge in [-0.3, -0.25) is 9.59 Å². The third-order valence-corrected chi connectivity index (χ3v) is 4.37. The van der Waals surface area contributed by atoms with E-state index in [9.17, 15) is 9.59 Å². The SMILES string of the molecule is CNCC1CCCN1C(=O)CC(NC(C)=O)c1ccc(C)cc1. The summed E-state index contributed by atoms with van der Waals surface area (Å²) in [7, 11) is 1.91. The van der Waals surface area contributed by atoms with Gasteiger partial charge in [0.05, 0.1) is 12.5 Å². The number of likely N-dealkylation sites (N-methyl/N-ethyl adjacent to an activating group) is 1. The predicted octanol–water partition coefficient (Wildman–Crippen LogP) is 1.77. The van der Waals surface area contributed by atoms with Crippen molar-refractivity contribution in [3.63, 3.8) is 0 Å². The molecule has 2 amide bonds. The predicted molar refractivity (Wildman–Crippen MR) is 91.0 cm³/mol. The standard InChI is InChI=1S/C18H27N3O2/c1-13-6-8-15(9-7-13)17(20-14(2)22)11-18(23)21-10-4-5-16(21)12-19-3/h6-9,16-17,19H,4-5,10-12H2,1-3H3,(H,20,22). The zero-order valence-electron chi connectivity index (χ0n) is 14.3. The first-order valence-corrected chi connectivity index (χ1v) is 8.29. The summed E-state index contributed by atoms with van der Waals surface area (Å²) >= 11 is 0. The molecular formula is C18H27N3O2. The van der Waals surface area contributed by atoms with Gasteiger partial charge in [0.1, 0.15) is 0 Å². The molecule has 1 heterocycles. The van der Waals surface area contributed by atoms with Gasteiger partial charge < -0.3 is 15.5 Å². The zero-order chi connectivity index (χ0) is 16.8. The Hall–Kier alpha value is -1.88.